The third kappa shape index (κ3) is 5.30. The molecule has 2 aromatic rings. The average molecular weight is 412 g/mol. The number of hydrogen-bond acceptors (Lipinski definition) is 5. The van der Waals surface area contributed by atoms with Crippen molar-refractivity contribution < 1.29 is 19.1 Å². The van der Waals surface area contributed by atoms with Crippen molar-refractivity contribution in [2.45, 2.75) is 13.5 Å². The van der Waals surface area contributed by atoms with Crippen LogP contribution in [0.4, 0.5) is 0 Å². The van der Waals surface area contributed by atoms with E-state index in [-0.39, 0.29) is 18.4 Å². The van der Waals surface area contributed by atoms with Crippen LogP contribution < -0.4 is 14.8 Å². The minimum Gasteiger partial charge on any atom is -0.493 e. The highest BCUT2D eigenvalue weighted by atomic mass is 16.5. The zero-order chi connectivity index (χ0) is 21.5. The zero-order valence-corrected chi connectivity index (χ0v) is 17.8. The van der Waals surface area contributed by atoms with Crippen molar-refractivity contribution in [2.75, 3.05) is 46.9 Å². The van der Waals surface area contributed by atoms with Gasteiger partial charge in [0.15, 0.2) is 11.5 Å². The number of nitrogens with zero attached hydrogens (tertiary/aromatic N) is 2. The fourth-order valence-electron chi connectivity index (χ4n) is 3.56. The van der Waals surface area contributed by atoms with Gasteiger partial charge >= 0.3 is 0 Å². The summed E-state index contributed by atoms with van der Waals surface area (Å²) in [6.07, 6.45) is 0. The molecule has 3 rings (SSSR count). The van der Waals surface area contributed by atoms with Crippen LogP contribution in [0.2, 0.25) is 0 Å². The van der Waals surface area contributed by atoms with E-state index in [0.29, 0.717) is 36.7 Å². The molecule has 0 aromatic heterocycles. The summed E-state index contributed by atoms with van der Waals surface area (Å²) < 4.78 is 10.6. The van der Waals surface area contributed by atoms with E-state index in [2.05, 4.69) is 5.32 Å². The molecule has 1 saturated heterocycles. The lowest BCUT2D eigenvalue weighted by molar-refractivity contribution is -0.132. The second kappa shape index (κ2) is 10.1. The van der Waals surface area contributed by atoms with Crippen LogP contribution in [0, 0.1) is 6.92 Å². The molecule has 2 amide bonds. The van der Waals surface area contributed by atoms with E-state index in [1.165, 1.54) is 7.11 Å². The fraction of sp³-hybridized carbons (Fsp3) is 0.391. The van der Waals surface area contributed by atoms with Gasteiger partial charge in [0.25, 0.3) is 5.91 Å². The summed E-state index contributed by atoms with van der Waals surface area (Å²) in [5, 5.41) is 3.24. The number of nitrogens with one attached hydrogen (secondary N) is 1. The lowest BCUT2D eigenvalue weighted by Gasteiger charge is -2.30. The standard InChI is InChI=1S/C23H29N3O4/c1-17-5-4-6-18(13-17)15-26(16-22(27)25-11-9-24-10-12-25)23(28)19-7-8-20(29-2)21(14-19)30-3/h4-8,13-14,24H,9-12,15-16H2,1-3H3. The molecule has 1 aliphatic rings. The van der Waals surface area contributed by atoms with Gasteiger partial charge in [-0.15, -0.1) is 0 Å². The number of ether oxygens (including phenoxy) is 2. The van der Waals surface area contributed by atoms with Crippen LogP contribution in [-0.2, 0) is 11.3 Å². The average Bonchev–Trinajstić information content (AvgIpc) is 2.78. The largest absolute Gasteiger partial charge is 0.493 e. The molecule has 0 atom stereocenters. The van der Waals surface area contributed by atoms with Crippen molar-refractivity contribution in [3.63, 3.8) is 0 Å². The highest BCUT2D eigenvalue weighted by Gasteiger charge is 2.24. The summed E-state index contributed by atoms with van der Waals surface area (Å²) in [6, 6.07) is 13.0. The Morgan fingerprint density at radius 2 is 1.77 bits per heavy atom. The molecule has 0 radical (unpaired) electrons. The Morgan fingerprint density at radius 3 is 2.43 bits per heavy atom. The second-order valence-corrected chi connectivity index (χ2v) is 7.35. The summed E-state index contributed by atoms with van der Waals surface area (Å²) in [4.78, 5) is 29.7. The molecule has 0 saturated carbocycles. The number of hydrogen-bond donors (Lipinski definition) is 1. The van der Waals surface area contributed by atoms with Gasteiger partial charge in [0.05, 0.1) is 14.2 Å². The van der Waals surface area contributed by atoms with Crippen molar-refractivity contribution in [1.82, 2.24) is 15.1 Å². The molecule has 0 spiro atoms. The van der Waals surface area contributed by atoms with Crippen LogP contribution in [0.1, 0.15) is 21.5 Å². The van der Waals surface area contributed by atoms with Gasteiger partial charge in [0, 0.05) is 38.3 Å². The molecule has 1 aliphatic heterocycles. The first kappa shape index (κ1) is 21.6. The molecule has 1 fully saturated rings. The number of aryl methyl sites for hydroxylation is 1. The van der Waals surface area contributed by atoms with E-state index in [0.717, 1.165) is 24.2 Å². The van der Waals surface area contributed by atoms with E-state index >= 15 is 0 Å². The van der Waals surface area contributed by atoms with Crippen LogP contribution in [-0.4, -0.2) is 68.6 Å². The van der Waals surface area contributed by atoms with E-state index in [1.54, 1.807) is 30.2 Å². The monoisotopic (exact) mass is 411 g/mol. The van der Waals surface area contributed by atoms with Crippen molar-refractivity contribution in [2.24, 2.45) is 0 Å². The molecule has 0 aliphatic carbocycles. The number of piperazine rings is 1. The van der Waals surface area contributed by atoms with E-state index in [9.17, 15) is 9.59 Å². The molecule has 0 unspecified atom stereocenters. The van der Waals surface area contributed by atoms with Gasteiger partial charge in [-0.1, -0.05) is 29.8 Å². The highest BCUT2D eigenvalue weighted by Crippen LogP contribution is 2.28. The van der Waals surface area contributed by atoms with Crippen LogP contribution in [0.5, 0.6) is 11.5 Å². The number of rotatable bonds is 7. The lowest BCUT2D eigenvalue weighted by atomic mass is 10.1. The van der Waals surface area contributed by atoms with Crippen LogP contribution in [0.15, 0.2) is 42.5 Å². The first-order valence-electron chi connectivity index (χ1n) is 10.1. The molecule has 2 aromatic carbocycles. The second-order valence-electron chi connectivity index (χ2n) is 7.35. The molecule has 30 heavy (non-hydrogen) atoms. The van der Waals surface area contributed by atoms with Crippen molar-refractivity contribution in [3.8, 4) is 11.5 Å². The zero-order valence-electron chi connectivity index (χ0n) is 17.8. The Morgan fingerprint density at radius 1 is 1.03 bits per heavy atom. The summed E-state index contributed by atoms with van der Waals surface area (Å²) in [5.41, 5.74) is 2.55. The molecule has 1 heterocycles. The molecule has 160 valence electrons. The molecular formula is C23H29N3O4. The van der Waals surface area contributed by atoms with Crippen molar-refractivity contribution in [1.29, 1.82) is 0 Å². The molecule has 1 N–H and O–H groups in total. The Bertz CT molecular complexity index is 894. The quantitative estimate of drug-likeness (QED) is 0.756. The van der Waals surface area contributed by atoms with E-state index < -0.39 is 0 Å². The summed E-state index contributed by atoms with van der Waals surface area (Å²) >= 11 is 0. The Labute approximate surface area is 177 Å². The molecule has 0 bridgehead atoms. The number of carbonyl (C=O) groups is 2. The molecule has 7 nitrogen and oxygen atoms in total. The van der Waals surface area contributed by atoms with Gasteiger partial charge in [-0.2, -0.15) is 0 Å². The summed E-state index contributed by atoms with van der Waals surface area (Å²) in [5.74, 6) is 0.766. The topological polar surface area (TPSA) is 71.1 Å². The minimum atomic E-state index is -0.221. The maximum Gasteiger partial charge on any atom is 0.254 e. The smallest absolute Gasteiger partial charge is 0.254 e. The third-order valence-corrected chi connectivity index (χ3v) is 5.17. The maximum atomic E-state index is 13.4. The molecule has 7 heteroatoms. The van der Waals surface area contributed by atoms with Gasteiger partial charge in [0.2, 0.25) is 5.91 Å². The highest BCUT2D eigenvalue weighted by molar-refractivity contribution is 5.97. The van der Waals surface area contributed by atoms with Crippen LogP contribution in [0.3, 0.4) is 0 Å². The van der Waals surface area contributed by atoms with Crippen molar-refractivity contribution in [3.05, 3.63) is 59.2 Å². The number of benzene rings is 2. The predicted octanol–water partition coefficient (Wildman–Crippen LogP) is 2.09. The van der Waals surface area contributed by atoms with Gasteiger partial charge in [-0.3, -0.25) is 9.59 Å². The minimum absolute atomic E-state index is 0.0289. The Balaban J connectivity index is 1.85. The number of methoxy groups -OCH3 is 2. The van der Waals surface area contributed by atoms with Gasteiger partial charge in [-0.25, -0.2) is 0 Å². The first-order chi connectivity index (χ1) is 14.5. The van der Waals surface area contributed by atoms with E-state index in [4.69, 9.17) is 9.47 Å². The van der Waals surface area contributed by atoms with E-state index in [1.807, 2.05) is 36.1 Å². The normalized spacial score (nSPS) is 13.6. The maximum absolute atomic E-state index is 13.4. The van der Waals surface area contributed by atoms with Gasteiger partial charge in [-0.05, 0) is 30.7 Å². The van der Waals surface area contributed by atoms with Gasteiger partial charge in [0.1, 0.15) is 6.54 Å². The Hall–Kier alpha value is -3.06. The van der Waals surface area contributed by atoms with Crippen molar-refractivity contribution >= 4 is 11.8 Å². The summed E-state index contributed by atoms with van der Waals surface area (Å²) in [6.45, 7) is 5.24. The fourth-order valence-corrected chi connectivity index (χ4v) is 3.56. The van der Waals surface area contributed by atoms with Gasteiger partial charge < -0.3 is 24.6 Å². The van der Waals surface area contributed by atoms with Crippen LogP contribution in [0.25, 0.3) is 0 Å². The van der Waals surface area contributed by atoms with Crippen LogP contribution >= 0.6 is 0 Å². The lowest BCUT2D eigenvalue weighted by Crippen LogP contribution is -2.50. The summed E-state index contributed by atoms with van der Waals surface area (Å²) in [7, 11) is 3.08. The third-order valence-electron chi connectivity index (χ3n) is 5.17. The first-order valence-corrected chi connectivity index (χ1v) is 10.1. The predicted molar refractivity (Wildman–Crippen MR) is 115 cm³/mol. The SMILES string of the molecule is COc1ccc(C(=O)N(CC(=O)N2CCNCC2)Cc2cccc(C)c2)cc1OC. The number of carbonyl (C=O) groups excluding carboxylic acids is 2. The Kier molecular flexibility index (Phi) is 7.30. The number of amides is 2. The molecular weight excluding hydrogens is 382 g/mol.